The topological polar surface area (TPSA) is 61.4 Å². The SMILES string of the molecule is CN(C)c1c(F)cc(NC(=O)CNC(=O)Cc2cccc3ccccc23)cc1F. The molecule has 2 amide bonds. The lowest BCUT2D eigenvalue weighted by Crippen LogP contribution is -2.33. The van der Waals surface area contributed by atoms with Gasteiger partial charge in [0.1, 0.15) is 5.69 Å². The van der Waals surface area contributed by atoms with E-state index in [9.17, 15) is 18.4 Å². The second-order valence-electron chi connectivity index (χ2n) is 6.82. The molecule has 0 spiro atoms. The Hall–Kier alpha value is -3.48. The first-order valence-corrected chi connectivity index (χ1v) is 9.04. The van der Waals surface area contributed by atoms with Crippen molar-refractivity contribution in [2.75, 3.05) is 30.9 Å². The van der Waals surface area contributed by atoms with E-state index in [2.05, 4.69) is 10.6 Å². The molecule has 29 heavy (non-hydrogen) atoms. The Morgan fingerprint density at radius 3 is 2.28 bits per heavy atom. The van der Waals surface area contributed by atoms with E-state index >= 15 is 0 Å². The van der Waals surface area contributed by atoms with Crippen molar-refractivity contribution in [2.24, 2.45) is 0 Å². The number of hydrogen-bond acceptors (Lipinski definition) is 3. The fraction of sp³-hybridized carbons (Fsp3) is 0.182. The van der Waals surface area contributed by atoms with Crippen LogP contribution >= 0.6 is 0 Å². The number of fused-ring (bicyclic) bond motifs is 1. The lowest BCUT2D eigenvalue weighted by atomic mass is 10.0. The predicted octanol–water partition coefficient (Wildman–Crippen LogP) is 3.48. The Labute approximate surface area is 167 Å². The van der Waals surface area contributed by atoms with Crippen LogP contribution in [0.2, 0.25) is 0 Å². The number of carbonyl (C=O) groups excluding carboxylic acids is 2. The molecule has 7 heteroatoms. The minimum absolute atomic E-state index is 0.0149. The van der Waals surface area contributed by atoms with Crippen LogP contribution in [-0.4, -0.2) is 32.5 Å². The molecule has 3 aromatic carbocycles. The molecule has 0 bridgehead atoms. The van der Waals surface area contributed by atoms with Crippen molar-refractivity contribution in [3.8, 4) is 0 Å². The van der Waals surface area contributed by atoms with Crippen molar-refractivity contribution >= 4 is 34.0 Å². The summed E-state index contributed by atoms with van der Waals surface area (Å²) in [5.74, 6) is -2.47. The number of nitrogens with zero attached hydrogens (tertiary/aromatic N) is 1. The molecule has 0 aliphatic heterocycles. The van der Waals surface area contributed by atoms with Gasteiger partial charge in [-0.15, -0.1) is 0 Å². The molecule has 0 saturated carbocycles. The van der Waals surface area contributed by atoms with E-state index in [1.54, 1.807) is 0 Å². The minimum Gasteiger partial charge on any atom is -0.373 e. The molecule has 3 aromatic rings. The molecule has 0 saturated heterocycles. The molecule has 0 radical (unpaired) electrons. The quantitative estimate of drug-likeness (QED) is 0.670. The van der Waals surface area contributed by atoms with Gasteiger partial charge in [-0.1, -0.05) is 42.5 Å². The van der Waals surface area contributed by atoms with Crippen LogP contribution in [0.25, 0.3) is 10.8 Å². The van der Waals surface area contributed by atoms with Crippen molar-refractivity contribution in [3.63, 3.8) is 0 Å². The standard InChI is InChI=1S/C22H21F2N3O2/c1-27(2)22-18(23)11-16(12-19(22)24)26-21(29)13-25-20(28)10-15-8-5-7-14-6-3-4-9-17(14)15/h3-9,11-12H,10,13H2,1-2H3,(H,25,28)(H,26,29). The van der Waals surface area contributed by atoms with Gasteiger partial charge in [-0.25, -0.2) is 8.78 Å². The highest BCUT2D eigenvalue weighted by molar-refractivity contribution is 5.96. The Balaban J connectivity index is 1.59. The van der Waals surface area contributed by atoms with E-state index in [4.69, 9.17) is 0 Å². The highest BCUT2D eigenvalue weighted by Crippen LogP contribution is 2.25. The highest BCUT2D eigenvalue weighted by atomic mass is 19.1. The van der Waals surface area contributed by atoms with Crippen LogP contribution in [0, 0.1) is 11.6 Å². The minimum atomic E-state index is -0.787. The molecule has 5 nitrogen and oxygen atoms in total. The number of amides is 2. The number of rotatable bonds is 6. The summed E-state index contributed by atoms with van der Waals surface area (Å²) in [4.78, 5) is 25.6. The summed E-state index contributed by atoms with van der Waals surface area (Å²) in [6.07, 6.45) is 0.120. The molecule has 0 aliphatic carbocycles. The van der Waals surface area contributed by atoms with E-state index in [0.717, 1.165) is 28.5 Å². The molecule has 2 N–H and O–H groups in total. The van der Waals surface area contributed by atoms with Crippen molar-refractivity contribution in [3.05, 3.63) is 71.8 Å². The van der Waals surface area contributed by atoms with E-state index in [1.807, 2.05) is 42.5 Å². The molecule has 150 valence electrons. The average Bonchev–Trinajstić information content (AvgIpc) is 2.66. The van der Waals surface area contributed by atoms with Gasteiger partial charge >= 0.3 is 0 Å². The third-order valence-corrected chi connectivity index (χ3v) is 4.42. The Morgan fingerprint density at radius 2 is 1.59 bits per heavy atom. The van der Waals surface area contributed by atoms with Gasteiger partial charge in [-0.3, -0.25) is 9.59 Å². The van der Waals surface area contributed by atoms with Gasteiger partial charge in [0.25, 0.3) is 0 Å². The van der Waals surface area contributed by atoms with E-state index in [1.165, 1.54) is 19.0 Å². The van der Waals surface area contributed by atoms with Gasteiger partial charge in [0.2, 0.25) is 11.8 Å². The highest BCUT2D eigenvalue weighted by Gasteiger charge is 2.15. The largest absolute Gasteiger partial charge is 0.373 e. The Kier molecular flexibility index (Phi) is 6.07. The van der Waals surface area contributed by atoms with Crippen LogP contribution in [0.15, 0.2) is 54.6 Å². The third-order valence-electron chi connectivity index (χ3n) is 4.42. The zero-order chi connectivity index (χ0) is 21.0. The van der Waals surface area contributed by atoms with E-state index in [0.29, 0.717) is 0 Å². The van der Waals surface area contributed by atoms with Crippen molar-refractivity contribution in [1.29, 1.82) is 0 Å². The van der Waals surface area contributed by atoms with Gasteiger partial charge in [0, 0.05) is 19.8 Å². The molecule has 0 fully saturated rings. The predicted molar refractivity (Wildman–Crippen MR) is 110 cm³/mol. The van der Waals surface area contributed by atoms with Crippen LogP contribution in [0.1, 0.15) is 5.56 Å². The van der Waals surface area contributed by atoms with Gasteiger partial charge in [-0.2, -0.15) is 0 Å². The molecule has 0 aromatic heterocycles. The number of hydrogen-bond donors (Lipinski definition) is 2. The average molecular weight is 397 g/mol. The summed E-state index contributed by atoms with van der Waals surface area (Å²) < 4.78 is 28.0. The van der Waals surface area contributed by atoms with Crippen molar-refractivity contribution in [1.82, 2.24) is 5.32 Å². The van der Waals surface area contributed by atoms with Gasteiger partial charge < -0.3 is 15.5 Å². The van der Waals surface area contributed by atoms with Gasteiger partial charge in [0.05, 0.1) is 13.0 Å². The fourth-order valence-electron chi connectivity index (χ4n) is 3.13. The number of halogens is 2. The fourth-order valence-corrected chi connectivity index (χ4v) is 3.13. The first-order valence-electron chi connectivity index (χ1n) is 9.04. The Bertz CT molecular complexity index is 1040. The first kappa shape index (κ1) is 20.3. The number of benzene rings is 3. The zero-order valence-electron chi connectivity index (χ0n) is 16.1. The summed E-state index contributed by atoms with van der Waals surface area (Å²) in [6.45, 7) is -0.303. The van der Waals surface area contributed by atoms with Gasteiger partial charge in [-0.05, 0) is 28.5 Å². The lowest BCUT2D eigenvalue weighted by Gasteiger charge is -2.16. The summed E-state index contributed by atoms with van der Waals surface area (Å²) >= 11 is 0. The maximum atomic E-state index is 14.0. The maximum Gasteiger partial charge on any atom is 0.243 e. The first-order chi connectivity index (χ1) is 13.8. The summed E-state index contributed by atoms with van der Waals surface area (Å²) in [6, 6.07) is 15.5. The van der Waals surface area contributed by atoms with Crippen LogP contribution in [0.5, 0.6) is 0 Å². The molecule has 0 aliphatic rings. The molecule has 0 heterocycles. The monoisotopic (exact) mass is 397 g/mol. The maximum absolute atomic E-state index is 14.0. The molecule has 3 rings (SSSR count). The molecule has 0 unspecified atom stereocenters. The number of anilines is 2. The molecular formula is C22H21F2N3O2. The van der Waals surface area contributed by atoms with Crippen molar-refractivity contribution < 1.29 is 18.4 Å². The third kappa shape index (κ3) is 4.87. The van der Waals surface area contributed by atoms with Crippen LogP contribution in [0.3, 0.4) is 0 Å². The van der Waals surface area contributed by atoms with E-state index < -0.39 is 17.5 Å². The van der Waals surface area contributed by atoms with Crippen LogP contribution < -0.4 is 15.5 Å². The van der Waals surface area contributed by atoms with E-state index in [-0.39, 0.29) is 30.2 Å². The Morgan fingerprint density at radius 1 is 0.931 bits per heavy atom. The molecule has 0 atom stereocenters. The second kappa shape index (κ2) is 8.68. The van der Waals surface area contributed by atoms with Crippen LogP contribution in [-0.2, 0) is 16.0 Å². The van der Waals surface area contributed by atoms with Crippen LogP contribution in [0.4, 0.5) is 20.2 Å². The summed E-state index contributed by atoms with van der Waals surface area (Å²) in [5.41, 5.74) is 0.648. The van der Waals surface area contributed by atoms with Gasteiger partial charge in [0.15, 0.2) is 11.6 Å². The summed E-state index contributed by atoms with van der Waals surface area (Å²) in [5, 5.41) is 6.92. The van der Waals surface area contributed by atoms with Crippen molar-refractivity contribution in [2.45, 2.75) is 6.42 Å². The zero-order valence-corrected chi connectivity index (χ0v) is 16.1. The number of nitrogens with one attached hydrogen (secondary N) is 2. The smallest absolute Gasteiger partial charge is 0.243 e. The number of carbonyl (C=O) groups is 2. The lowest BCUT2D eigenvalue weighted by molar-refractivity contribution is -0.123. The normalized spacial score (nSPS) is 10.6. The second-order valence-corrected chi connectivity index (χ2v) is 6.82. The molecular weight excluding hydrogens is 376 g/mol. The summed E-state index contributed by atoms with van der Waals surface area (Å²) in [7, 11) is 3.04.